The Hall–Kier alpha value is -2.09. The van der Waals surface area contributed by atoms with Crippen molar-refractivity contribution in [1.82, 2.24) is 20.3 Å². The number of nitrogens with zero attached hydrogens (tertiary/aromatic N) is 3. The van der Waals surface area contributed by atoms with Gasteiger partial charge in [0.05, 0.1) is 17.6 Å². The summed E-state index contributed by atoms with van der Waals surface area (Å²) in [6.45, 7) is 4.58. The van der Waals surface area contributed by atoms with E-state index in [1.807, 2.05) is 13.8 Å². The molecule has 0 amide bonds. The zero-order valence-electron chi connectivity index (χ0n) is 11.6. The van der Waals surface area contributed by atoms with Crippen LogP contribution in [-0.4, -0.2) is 27.4 Å². The standard InChI is InChI=1S/C13H15F3N4O/c1-9(2)17-7-11-8-18-19-20(11)10-3-5-12(6-4-10)21-13(14,15)16/h3-6,8-9,17H,7H2,1-2H3. The molecule has 0 saturated carbocycles. The van der Waals surface area contributed by atoms with Crippen molar-refractivity contribution in [2.45, 2.75) is 32.8 Å². The van der Waals surface area contributed by atoms with Gasteiger partial charge in [0, 0.05) is 12.6 Å². The summed E-state index contributed by atoms with van der Waals surface area (Å²) in [7, 11) is 0. The molecular weight excluding hydrogens is 285 g/mol. The molecule has 0 aliphatic heterocycles. The average Bonchev–Trinajstić information content (AvgIpc) is 2.83. The van der Waals surface area contributed by atoms with Gasteiger partial charge >= 0.3 is 6.36 Å². The smallest absolute Gasteiger partial charge is 0.406 e. The lowest BCUT2D eigenvalue weighted by Crippen LogP contribution is -2.23. The molecule has 1 N–H and O–H groups in total. The SMILES string of the molecule is CC(C)NCc1cnnn1-c1ccc(OC(F)(F)F)cc1. The molecule has 0 radical (unpaired) electrons. The second kappa shape index (κ2) is 6.13. The predicted octanol–water partition coefficient (Wildman–Crippen LogP) is 2.66. The minimum atomic E-state index is -4.69. The lowest BCUT2D eigenvalue weighted by molar-refractivity contribution is -0.274. The van der Waals surface area contributed by atoms with E-state index in [1.165, 1.54) is 24.3 Å². The summed E-state index contributed by atoms with van der Waals surface area (Å²) in [5.41, 5.74) is 1.43. The Morgan fingerprint density at radius 1 is 1.24 bits per heavy atom. The number of nitrogens with one attached hydrogen (secondary N) is 1. The van der Waals surface area contributed by atoms with E-state index >= 15 is 0 Å². The molecule has 0 fully saturated rings. The summed E-state index contributed by atoms with van der Waals surface area (Å²) in [6, 6.07) is 5.77. The molecule has 0 saturated heterocycles. The molecule has 0 spiro atoms. The number of halogens is 3. The number of rotatable bonds is 5. The fourth-order valence-electron chi connectivity index (χ4n) is 1.69. The van der Waals surface area contributed by atoms with Gasteiger partial charge in [-0.1, -0.05) is 19.1 Å². The van der Waals surface area contributed by atoms with Gasteiger partial charge in [0.2, 0.25) is 0 Å². The van der Waals surface area contributed by atoms with E-state index in [-0.39, 0.29) is 5.75 Å². The molecule has 0 bridgehead atoms. The first-order valence-electron chi connectivity index (χ1n) is 6.34. The molecule has 114 valence electrons. The summed E-state index contributed by atoms with van der Waals surface area (Å²) < 4.78 is 41.7. The third kappa shape index (κ3) is 4.45. The number of alkyl halides is 3. The monoisotopic (exact) mass is 300 g/mol. The van der Waals surface area contributed by atoms with Crippen molar-refractivity contribution < 1.29 is 17.9 Å². The summed E-state index contributed by atoms with van der Waals surface area (Å²) in [5, 5.41) is 11.0. The third-order valence-corrected chi connectivity index (χ3v) is 2.63. The first-order chi connectivity index (χ1) is 9.85. The zero-order chi connectivity index (χ0) is 15.5. The van der Waals surface area contributed by atoms with Crippen LogP contribution in [0.15, 0.2) is 30.5 Å². The molecule has 21 heavy (non-hydrogen) atoms. The molecule has 1 aromatic heterocycles. The largest absolute Gasteiger partial charge is 0.573 e. The fraction of sp³-hybridized carbons (Fsp3) is 0.385. The van der Waals surface area contributed by atoms with Crippen molar-refractivity contribution in [1.29, 1.82) is 0 Å². The van der Waals surface area contributed by atoms with E-state index < -0.39 is 6.36 Å². The highest BCUT2D eigenvalue weighted by atomic mass is 19.4. The van der Waals surface area contributed by atoms with Crippen molar-refractivity contribution in [3.63, 3.8) is 0 Å². The van der Waals surface area contributed by atoms with Gasteiger partial charge in [0.1, 0.15) is 5.75 Å². The molecule has 5 nitrogen and oxygen atoms in total. The van der Waals surface area contributed by atoms with Crippen LogP contribution in [0.25, 0.3) is 5.69 Å². The molecule has 0 aliphatic carbocycles. The highest BCUT2D eigenvalue weighted by molar-refractivity contribution is 5.37. The molecule has 0 aliphatic rings. The van der Waals surface area contributed by atoms with Crippen LogP contribution in [0.2, 0.25) is 0 Å². The average molecular weight is 300 g/mol. The molecule has 1 heterocycles. The van der Waals surface area contributed by atoms with Crippen LogP contribution in [0.1, 0.15) is 19.5 Å². The number of aromatic nitrogens is 3. The van der Waals surface area contributed by atoms with Gasteiger partial charge in [-0.05, 0) is 24.3 Å². The Morgan fingerprint density at radius 3 is 2.48 bits per heavy atom. The zero-order valence-corrected chi connectivity index (χ0v) is 11.6. The normalized spacial score (nSPS) is 11.9. The van der Waals surface area contributed by atoms with Gasteiger partial charge in [-0.3, -0.25) is 0 Å². The van der Waals surface area contributed by atoms with Crippen molar-refractivity contribution in [3.05, 3.63) is 36.2 Å². The van der Waals surface area contributed by atoms with Gasteiger partial charge in [-0.15, -0.1) is 18.3 Å². The second-order valence-electron chi connectivity index (χ2n) is 4.71. The van der Waals surface area contributed by atoms with Crippen molar-refractivity contribution in [2.75, 3.05) is 0 Å². The number of hydrogen-bond acceptors (Lipinski definition) is 4. The molecular formula is C13H15F3N4O. The van der Waals surface area contributed by atoms with E-state index in [0.29, 0.717) is 18.3 Å². The maximum atomic E-state index is 12.1. The Morgan fingerprint density at radius 2 is 1.90 bits per heavy atom. The van der Waals surface area contributed by atoms with Crippen molar-refractivity contribution >= 4 is 0 Å². The summed E-state index contributed by atoms with van der Waals surface area (Å²) >= 11 is 0. The highest BCUT2D eigenvalue weighted by Gasteiger charge is 2.31. The van der Waals surface area contributed by atoms with Crippen LogP contribution in [0.5, 0.6) is 5.75 Å². The van der Waals surface area contributed by atoms with Crippen LogP contribution >= 0.6 is 0 Å². The second-order valence-corrected chi connectivity index (χ2v) is 4.71. The van der Waals surface area contributed by atoms with E-state index in [4.69, 9.17) is 0 Å². The molecule has 0 unspecified atom stereocenters. The predicted molar refractivity (Wildman–Crippen MR) is 70.0 cm³/mol. The maximum absolute atomic E-state index is 12.1. The Kier molecular flexibility index (Phi) is 4.46. The summed E-state index contributed by atoms with van der Waals surface area (Å²) in [5.74, 6) is -0.270. The van der Waals surface area contributed by atoms with E-state index in [0.717, 1.165) is 5.69 Å². The summed E-state index contributed by atoms with van der Waals surface area (Å²) in [4.78, 5) is 0. The van der Waals surface area contributed by atoms with E-state index in [2.05, 4.69) is 20.4 Å². The number of hydrogen-bond donors (Lipinski definition) is 1. The Bertz CT molecular complexity index is 578. The molecule has 2 aromatic rings. The minimum Gasteiger partial charge on any atom is -0.406 e. The highest BCUT2D eigenvalue weighted by Crippen LogP contribution is 2.23. The van der Waals surface area contributed by atoms with Crippen LogP contribution < -0.4 is 10.1 Å². The van der Waals surface area contributed by atoms with E-state index in [9.17, 15) is 13.2 Å². The number of benzene rings is 1. The van der Waals surface area contributed by atoms with Gasteiger partial charge in [0.15, 0.2) is 0 Å². The van der Waals surface area contributed by atoms with E-state index in [1.54, 1.807) is 10.9 Å². The number of ether oxygens (including phenoxy) is 1. The van der Waals surface area contributed by atoms with Crippen molar-refractivity contribution in [3.8, 4) is 11.4 Å². The Balaban J connectivity index is 2.14. The minimum absolute atomic E-state index is 0.270. The van der Waals surface area contributed by atoms with Crippen LogP contribution in [-0.2, 0) is 6.54 Å². The third-order valence-electron chi connectivity index (χ3n) is 2.63. The Labute approximate surface area is 119 Å². The lowest BCUT2D eigenvalue weighted by Gasteiger charge is -2.11. The van der Waals surface area contributed by atoms with Gasteiger partial charge in [-0.25, -0.2) is 4.68 Å². The van der Waals surface area contributed by atoms with Gasteiger partial charge in [-0.2, -0.15) is 0 Å². The lowest BCUT2D eigenvalue weighted by atomic mass is 10.3. The fourth-order valence-corrected chi connectivity index (χ4v) is 1.69. The molecule has 8 heteroatoms. The maximum Gasteiger partial charge on any atom is 0.573 e. The van der Waals surface area contributed by atoms with Crippen LogP contribution in [0.4, 0.5) is 13.2 Å². The van der Waals surface area contributed by atoms with Crippen molar-refractivity contribution in [2.24, 2.45) is 0 Å². The first kappa shape index (κ1) is 15.3. The molecule has 1 aromatic carbocycles. The van der Waals surface area contributed by atoms with Gasteiger partial charge in [0.25, 0.3) is 0 Å². The molecule has 2 rings (SSSR count). The van der Waals surface area contributed by atoms with Crippen LogP contribution in [0, 0.1) is 0 Å². The van der Waals surface area contributed by atoms with Gasteiger partial charge < -0.3 is 10.1 Å². The molecule has 0 atom stereocenters. The summed E-state index contributed by atoms with van der Waals surface area (Å²) in [6.07, 6.45) is -3.09. The topological polar surface area (TPSA) is 52.0 Å². The first-order valence-corrected chi connectivity index (χ1v) is 6.34. The van der Waals surface area contributed by atoms with Crippen LogP contribution in [0.3, 0.4) is 0 Å². The quantitative estimate of drug-likeness (QED) is 0.922.